The highest BCUT2D eigenvalue weighted by atomic mass is 32.1. The highest BCUT2D eigenvalue weighted by Crippen LogP contribution is 2.33. The summed E-state index contributed by atoms with van der Waals surface area (Å²) in [6.45, 7) is 1.38. The minimum atomic E-state index is -0.489. The maximum Gasteiger partial charge on any atom is 0.260 e. The van der Waals surface area contributed by atoms with E-state index in [4.69, 9.17) is 15.5 Å². The van der Waals surface area contributed by atoms with Crippen LogP contribution in [0.4, 0.5) is 0 Å². The fraction of sp³-hybridized carbons (Fsp3) is 0.286. The molecule has 0 radical (unpaired) electrons. The number of primary amides is 1. The Morgan fingerprint density at radius 3 is 2.71 bits per heavy atom. The zero-order valence-electron chi connectivity index (χ0n) is 15.3. The molecule has 3 aromatic rings. The number of hydrogen-bond acceptors (Lipinski definition) is 5. The normalized spacial score (nSPS) is 16.9. The Balaban J connectivity index is 1.37. The van der Waals surface area contributed by atoms with Gasteiger partial charge in [-0.3, -0.25) is 9.59 Å². The van der Waals surface area contributed by atoms with Crippen LogP contribution in [0.2, 0.25) is 0 Å². The van der Waals surface area contributed by atoms with Gasteiger partial charge in [0.05, 0.1) is 15.2 Å². The smallest absolute Gasteiger partial charge is 0.260 e. The number of aromatic nitrogens is 1. The van der Waals surface area contributed by atoms with Gasteiger partial charge < -0.3 is 15.4 Å². The molecule has 2 amide bonds. The molecular formula is C21H21N3O3S. The van der Waals surface area contributed by atoms with Gasteiger partial charge in [0.25, 0.3) is 5.91 Å². The van der Waals surface area contributed by atoms with Crippen LogP contribution < -0.4 is 10.5 Å². The molecule has 2 N–H and O–H groups in total. The van der Waals surface area contributed by atoms with Gasteiger partial charge in [-0.15, -0.1) is 11.3 Å². The molecule has 1 aromatic heterocycles. The van der Waals surface area contributed by atoms with Crippen LogP contribution in [0.5, 0.6) is 5.75 Å². The van der Waals surface area contributed by atoms with Gasteiger partial charge in [0, 0.05) is 24.6 Å². The van der Waals surface area contributed by atoms with Gasteiger partial charge in [-0.05, 0) is 49.2 Å². The van der Waals surface area contributed by atoms with Crippen LogP contribution in [0.25, 0.3) is 10.2 Å². The Bertz CT molecular complexity index is 967. The highest BCUT2D eigenvalue weighted by molar-refractivity contribution is 7.18. The summed E-state index contributed by atoms with van der Waals surface area (Å²) in [6, 6.07) is 14.6. The topological polar surface area (TPSA) is 85.5 Å². The maximum absolute atomic E-state index is 12.6. The van der Waals surface area contributed by atoms with Gasteiger partial charge in [-0.25, -0.2) is 4.98 Å². The van der Waals surface area contributed by atoms with Crippen LogP contribution in [0, 0.1) is 0 Å². The number of nitrogens with two attached hydrogens (primary N) is 1. The fourth-order valence-electron chi connectivity index (χ4n) is 3.42. The van der Waals surface area contributed by atoms with Crippen molar-refractivity contribution in [1.29, 1.82) is 0 Å². The standard InChI is InChI=1S/C21H21N3O3S/c22-20(26)14-7-9-16(10-8-14)27-13-19(25)24-11-3-4-15(12-24)21-23-17-5-1-2-6-18(17)28-21/h1-2,5-10,15H,3-4,11-13H2,(H2,22,26)/t15-/m1/s1. The Labute approximate surface area is 166 Å². The van der Waals surface area contributed by atoms with E-state index in [0.29, 0.717) is 17.9 Å². The molecule has 6 nitrogen and oxygen atoms in total. The molecule has 0 unspecified atom stereocenters. The monoisotopic (exact) mass is 395 g/mol. The molecule has 1 aliphatic rings. The Morgan fingerprint density at radius 2 is 1.96 bits per heavy atom. The van der Waals surface area contributed by atoms with Gasteiger partial charge in [-0.2, -0.15) is 0 Å². The molecule has 2 aromatic carbocycles. The van der Waals surface area contributed by atoms with Crippen molar-refractivity contribution < 1.29 is 14.3 Å². The summed E-state index contributed by atoms with van der Waals surface area (Å²) in [6.07, 6.45) is 2.00. The fourth-order valence-corrected chi connectivity index (χ4v) is 4.51. The first kappa shape index (κ1) is 18.4. The third-order valence-electron chi connectivity index (χ3n) is 4.93. The predicted octanol–water partition coefficient (Wildman–Crippen LogP) is 3.18. The first-order valence-corrected chi connectivity index (χ1v) is 10.1. The van der Waals surface area contributed by atoms with E-state index in [0.717, 1.165) is 29.9 Å². The first-order chi connectivity index (χ1) is 13.6. The summed E-state index contributed by atoms with van der Waals surface area (Å²) in [5, 5.41) is 1.10. The van der Waals surface area contributed by atoms with Crippen LogP contribution in [0.15, 0.2) is 48.5 Å². The summed E-state index contributed by atoms with van der Waals surface area (Å²) >= 11 is 1.71. The number of carbonyl (C=O) groups excluding carboxylic acids is 2. The number of nitrogens with zero attached hydrogens (tertiary/aromatic N) is 2. The molecule has 0 bridgehead atoms. The van der Waals surface area contributed by atoms with E-state index in [2.05, 4.69) is 6.07 Å². The van der Waals surface area contributed by atoms with E-state index in [1.807, 2.05) is 23.1 Å². The molecule has 0 saturated carbocycles. The van der Waals surface area contributed by atoms with Gasteiger partial charge >= 0.3 is 0 Å². The van der Waals surface area contributed by atoms with Crippen molar-refractivity contribution in [2.45, 2.75) is 18.8 Å². The molecule has 1 saturated heterocycles. The van der Waals surface area contributed by atoms with Gasteiger partial charge in [0.2, 0.25) is 5.91 Å². The lowest BCUT2D eigenvalue weighted by Crippen LogP contribution is -2.41. The minimum absolute atomic E-state index is 0.0253. The quantitative estimate of drug-likeness (QED) is 0.719. The summed E-state index contributed by atoms with van der Waals surface area (Å²) < 4.78 is 6.77. The SMILES string of the molecule is NC(=O)c1ccc(OCC(=O)N2CCC[C@@H](c3nc4ccccc4s3)C2)cc1. The number of likely N-dealkylation sites (tertiary alicyclic amines) is 1. The number of para-hydroxylation sites is 1. The third-order valence-corrected chi connectivity index (χ3v) is 6.13. The number of hydrogen-bond donors (Lipinski definition) is 1. The van der Waals surface area contributed by atoms with Crippen LogP contribution in [-0.2, 0) is 4.79 Å². The molecule has 28 heavy (non-hydrogen) atoms. The Kier molecular flexibility index (Phi) is 5.25. The zero-order valence-corrected chi connectivity index (χ0v) is 16.2. The Hall–Kier alpha value is -2.93. The van der Waals surface area contributed by atoms with Crippen molar-refractivity contribution in [2.24, 2.45) is 5.73 Å². The maximum atomic E-state index is 12.6. The summed E-state index contributed by atoms with van der Waals surface area (Å²) in [5.74, 6) is 0.282. The van der Waals surface area contributed by atoms with Crippen molar-refractivity contribution in [3.05, 3.63) is 59.1 Å². The van der Waals surface area contributed by atoms with Gasteiger partial charge in [0.15, 0.2) is 6.61 Å². The second-order valence-corrected chi connectivity index (χ2v) is 7.94. The third kappa shape index (κ3) is 3.99. The lowest BCUT2D eigenvalue weighted by atomic mass is 9.99. The van der Waals surface area contributed by atoms with E-state index in [1.165, 1.54) is 4.70 Å². The van der Waals surface area contributed by atoms with E-state index in [9.17, 15) is 9.59 Å². The van der Waals surface area contributed by atoms with E-state index >= 15 is 0 Å². The van der Waals surface area contributed by atoms with E-state index in [1.54, 1.807) is 35.6 Å². The zero-order chi connectivity index (χ0) is 19.5. The molecule has 1 atom stereocenters. The number of benzene rings is 2. The second-order valence-electron chi connectivity index (χ2n) is 6.88. The largest absolute Gasteiger partial charge is 0.484 e. The van der Waals surface area contributed by atoms with Crippen molar-refractivity contribution in [2.75, 3.05) is 19.7 Å². The number of ether oxygens (including phenoxy) is 1. The van der Waals surface area contributed by atoms with Gasteiger partial charge in [-0.1, -0.05) is 12.1 Å². The number of thiazole rings is 1. The van der Waals surface area contributed by atoms with Crippen LogP contribution in [-0.4, -0.2) is 41.4 Å². The summed E-state index contributed by atoms with van der Waals surface area (Å²) in [4.78, 5) is 30.3. The Morgan fingerprint density at radius 1 is 1.18 bits per heavy atom. The molecule has 1 fully saturated rings. The van der Waals surface area contributed by atoms with Crippen LogP contribution >= 0.6 is 11.3 Å². The lowest BCUT2D eigenvalue weighted by molar-refractivity contribution is -0.134. The number of amides is 2. The van der Waals surface area contributed by atoms with E-state index < -0.39 is 5.91 Å². The number of piperidine rings is 1. The minimum Gasteiger partial charge on any atom is -0.484 e. The van der Waals surface area contributed by atoms with Gasteiger partial charge in [0.1, 0.15) is 5.75 Å². The van der Waals surface area contributed by atoms with Crippen molar-refractivity contribution in [3.63, 3.8) is 0 Å². The molecule has 0 spiro atoms. The molecule has 7 heteroatoms. The summed E-state index contributed by atoms with van der Waals surface area (Å²) in [7, 11) is 0. The average molecular weight is 395 g/mol. The molecule has 1 aliphatic heterocycles. The molecule has 4 rings (SSSR count). The van der Waals surface area contributed by atoms with E-state index in [-0.39, 0.29) is 18.4 Å². The lowest BCUT2D eigenvalue weighted by Gasteiger charge is -2.31. The van der Waals surface area contributed by atoms with Crippen LogP contribution in [0.1, 0.15) is 34.1 Å². The highest BCUT2D eigenvalue weighted by Gasteiger charge is 2.27. The van der Waals surface area contributed by atoms with Crippen LogP contribution in [0.3, 0.4) is 0 Å². The number of rotatable bonds is 5. The average Bonchev–Trinajstić information content (AvgIpc) is 3.17. The van der Waals surface area contributed by atoms with Crippen molar-refractivity contribution in [3.8, 4) is 5.75 Å². The predicted molar refractivity (Wildman–Crippen MR) is 109 cm³/mol. The molecule has 144 valence electrons. The van der Waals surface area contributed by atoms with Crippen molar-refractivity contribution in [1.82, 2.24) is 9.88 Å². The van der Waals surface area contributed by atoms with Crippen molar-refractivity contribution >= 4 is 33.4 Å². The molecule has 0 aliphatic carbocycles. The number of carbonyl (C=O) groups is 2. The number of fused-ring (bicyclic) bond motifs is 1. The first-order valence-electron chi connectivity index (χ1n) is 9.26. The molecule has 2 heterocycles. The molecular weight excluding hydrogens is 374 g/mol. The summed E-state index contributed by atoms with van der Waals surface area (Å²) in [5.41, 5.74) is 6.66. The second kappa shape index (κ2) is 7.98.